The van der Waals surface area contributed by atoms with Gasteiger partial charge in [0.1, 0.15) is 0 Å². The molecule has 0 saturated heterocycles. The average Bonchev–Trinajstić information content (AvgIpc) is 3.14. The van der Waals surface area contributed by atoms with Gasteiger partial charge in [0.25, 0.3) is 0 Å². The molecule has 3 heteroatoms. The number of allylic oxidation sites excluding steroid dienone is 1. The Kier molecular flexibility index (Phi) is 16.6. The summed E-state index contributed by atoms with van der Waals surface area (Å²) in [6.45, 7) is 11.8. The first kappa shape index (κ1) is 24.9. The Morgan fingerprint density at radius 1 is 0.962 bits per heavy atom. The van der Waals surface area contributed by atoms with Crippen LogP contribution in [0.15, 0.2) is 30.4 Å². The Labute approximate surface area is 162 Å². The van der Waals surface area contributed by atoms with Gasteiger partial charge in [-0.15, -0.1) is 0 Å². The lowest BCUT2D eigenvalue weighted by atomic mass is 9.91. The molecule has 0 fully saturated rings. The van der Waals surface area contributed by atoms with Crippen LogP contribution in [0, 0.1) is 17.8 Å². The number of imidazole rings is 1. The Morgan fingerprint density at radius 3 is 1.96 bits per heavy atom. The normalized spacial score (nSPS) is 14.0. The lowest BCUT2D eigenvalue weighted by Crippen LogP contribution is -2.00. The number of rotatable bonds is 13. The van der Waals surface area contributed by atoms with Crippen molar-refractivity contribution >= 4 is 0 Å². The van der Waals surface area contributed by atoms with E-state index in [1.54, 1.807) is 12.4 Å². The van der Waals surface area contributed by atoms with E-state index in [-0.39, 0.29) is 6.61 Å². The third-order valence-corrected chi connectivity index (χ3v) is 4.95. The average molecular weight is 364 g/mol. The smallest absolute Gasteiger partial charge is 0.0614 e. The Hall–Kier alpha value is -1.09. The predicted octanol–water partition coefficient (Wildman–Crippen LogP) is 6.40. The number of aliphatic hydroxyl groups excluding tert-OH is 1. The lowest BCUT2D eigenvalue weighted by Gasteiger charge is -2.15. The zero-order chi connectivity index (χ0) is 19.6. The summed E-state index contributed by atoms with van der Waals surface area (Å²) in [5.41, 5.74) is 1.34. The van der Waals surface area contributed by atoms with E-state index in [4.69, 9.17) is 5.11 Å². The minimum Gasteiger partial charge on any atom is -0.450 e. The molecule has 1 heterocycles. The highest BCUT2D eigenvalue weighted by molar-refractivity contribution is 4.97. The fourth-order valence-electron chi connectivity index (χ4n) is 3.16. The quantitative estimate of drug-likeness (QED) is 0.412. The summed E-state index contributed by atoms with van der Waals surface area (Å²) in [4.78, 5) is 7.22. The zero-order valence-corrected chi connectivity index (χ0v) is 18.0. The lowest BCUT2D eigenvalue weighted by molar-refractivity contribution is 0.341. The van der Waals surface area contributed by atoms with Gasteiger partial charge in [0.15, 0.2) is 0 Å². The standard InChI is InChI=1S/C20H40O.C3H3N2/c1-17(2)9-6-10-18(3)11-7-12-19(4)13-8-14-20(5)15-16-21;1-2-5-3-4-1/h15,17-19,21H,6-14,16H2,1-5H3;1-3H/q;-1/b20-15+;/t18-,19-;/m1./s1. The van der Waals surface area contributed by atoms with E-state index < -0.39 is 0 Å². The summed E-state index contributed by atoms with van der Waals surface area (Å²) in [5.74, 6) is 2.63. The van der Waals surface area contributed by atoms with Crippen molar-refractivity contribution in [3.05, 3.63) is 30.4 Å². The minimum absolute atomic E-state index is 0.191. The van der Waals surface area contributed by atoms with Gasteiger partial charge in [0.2, 0.25) is 0 Å². The van der Waals surface area contributed by atoms with Crippen molar-refractivity contribution in [1.29, 1.82) is 0 Å². The molecule has 2 atom stereocenters. The van der Waals surface area contributed by atoms with Crippen LogP contribution >= 0.6 is 0 Å². The molecule has 0 spiro atoms. The van der Waals surface area contributed by atoms with Gasteiger partial charge >= 0.3 is 0 Å². The van der Waals surface area contributed by atoms with Crippen molar-refractivity contribution in [2.75, 3.05) is 6.61 Å². The number of aliphatic hydroxyl groups is 1. The zero-order valence-electron chi connectivity index (χ0n) is 18.0. The van der Waals surface area contributed by atoms with E-state index in [0.717, 1.165) is 24.2 Å². The maximum atomic E-state index is 8.83. The first-order valence-corrected chi connectivity index (χ1v) is 10.6. The molecule has 1 aromatic heterocycles. The third kappa shape index (κ3) is 17.7. The predicted molar refractivity (Wildman–Crippen MR) is 113 cm³/mol. The number of nitrogens with zero attached hydrogens (tertiary/aromatic N) is 2. The van der Waals surface area contributed by atoms with Crippen LogP contribution in [0.3, 0.4) is 0 Å². The summed E-state index contributed by atoms with van der Waals surface area (Å²) in [7, 11) is 0. The van der Waals surface area contributed by atoms with Crippen molar-refractivity contribution in [3.8, 4) is 0 Å². The molecule has 3 nitrogen and oxygen atoms in total. The van der Waals surface area contributed by atoms with Crippen molar-refractivity contribution in [2.24, 2.45) is 17.8 Å². The molecule has 152 valence electrons. The molecule has 1 N–H and O–H groups in total. The fourth-order valence-corrected chi connectivity index (χ4v) is 3.16. The molecular weight excluding hydrogens is 320 g/mol. The van der Waals surface area contributed by atoms with Gasteiger partial charge in [0, 0.05) is 0 Å². The van der Waals surface area contributed by atoms with E-state index in [2.05, 4.69) is 44.6 Å². The Morgan fingerprint density at radius 2 is 1.54 bits per heavy atom. The second-order valence-corrected chi connectivity index (χ2v) is 8.30. The van der Waals surface area contributed by atoms with E-state index in [9.17, 15) is 0 Å². The highest BCUT2D eigenvalue weighted by atomic mass is 16.2. The molecule has 0 aromatic carbocycles. The topological polar surface area (TPSA) is 47.2 Å². The van der Waals surface area contributed by atoms with Gasteiger partial charge in [-0.1, -0.05) is 103 Å². The Balaban J connectivity index is 0.00000106. The SMILES string of the molecule is C/C(=C\CO)CCC[C@H](C)CCC[C@H](C)CCCC(C)C.c1c[n-]cn1. The number of aromatic nitrogens is 2. The van der Waals surface area contributed by atoms with Crippen LogP contribution in [0.1, 0.15) is 92.4 Å². The summed E-state index contributed by atoms with van der Waals surface area (Å²) in [6, 6.07) is 0. The van der Waals surface area contributed by atoms with Crippen LogP contribution in [0.25, 0.3) is 0 Å². The summed E-state index contributed by atoms with van der Waals surface area (Å²) >= 11 is 0. The molecule has 1 rings (SSSR count). The third-order valence-electron chi connectivity index (χ3n) is 4.95. The molecule has 0 amide bonds. The molecule has 0 bridgehead atoms. The molecule has 26 heavy (non-hydrogen) atoms. The molecule has 0 radical (unpaired) electrons. The van der Waals surface area contributed by atoms with Crippen molar-refractivity contribution in [3.63, 3.8) is 0 Å². The van der Waals surface area contributed by atoms with E-state index >= 15 is 0 Å². The summed E-state index contributed by atoms with van der Waals surface area (Å²) in [5, 5.41) is 8.83. The monoisotopic (exact) mass is 363 g/mol. The number of hydrogen-bond acceptors (Lipinski definition) is 2. The number of hydrogen-bond donors (Lipinski definition) is 1. The van der Waals surface area contributed by atoms with Crippen LogP contribution in [0.5, 0.6) is 0 Å². The van der Waals surface area contributed by atoms with Crippen LogP contribution in [0.4, 0.5) is 0 Å². The summed E-state index contributed by atoms with van der Waals surface area (Å²) < 4.78 is 0. The van der Waals surface area contributed by atoms with E-state index in [0.29, 0.717) is 0 Å². The van der Waals surface area contributed by atoms with Gasteiger partial charge < -0.3 is 15.1 Å². The van der Waals surface area contributed by atoms with Crippen molar-refractivity contribution in [2.45, 2.75) is 92.4 Å². The maximum Gasteiger partial charge on any atom is 0.0614 e. The van der Waals surface area contributed by atoms with Crippen LogP contribution in [-0.4, -0.2) is 16.7 Å². The van der Waals surface area contributed by atoms with Crippen LogP contribution < -0.4 is 4.98 Å². The Bertz CT molecular complexity index is 395. The molecule has 1 aromatic rings. The second kappa shape index (κ2) is 17.3. The first-order chi connectivity index (χ1) is 12.5. The molecule has 0 aliphatic heterocycles. The largest absolute Gasteiger partial charge is 0.450 e. The summed E-state index contributed by atoms with van der Waals surface area (Å²) in [6.07, 6.45) is 18.9. The fraction of sp³-hybridized carbons (Fsp3) is 0.783. The highest BCUT2D eigenvalue weighted by Gasteiger charge is 2.06. The van der Waals surface area contributed by atoms with E-state index in [1.165, 1.54) is 63.3 Å². The van der Waals surface area contributed by atoms with Gasteiger partial charge in [-0.3, -0.25) is 0 Å². The first-order valence-electron chi connectivity index (χ1n) is 10.6. The minimum atomic E-state index is 0.191. The second-order valence-electron chi connectivity index (χ2n) is 8.30. The van der Waals surface area contributed by atoms with E-state index in [1.807, 2.05) is 6.08 Å². The van der Waals surface area contributed by atoms with Crippen LogP contribution in [0.2, 0.25) is 0 Å². The van der Waals surface area contributed by atoms with Gasteiger partial charge in [0.05, 0.1) is 6.61 Å². The van der Waals surface area contributed by atoms with Crippen molar-refractivity contribution in [1.82, 2.24) is 9.97 Å². The van der Waals surface area contributed by atoms with Gasteiger partial charge in [-0.25, -0.2) is 0 Å². The molecule has 0 unspecified atom stereocenters. The maximum absolute atomic E-state index is 8.83. The molecule has 0 aliphatic carbocycles. The molecular formula is C23H43N2O-. The highest BCUT2D eigenvalue weighted by Crippen LogP contribution is 2.21. The van der Waals surface area contributed by atoms with Gasteiger partial charge in [-0.05, 0) is 37.5 Å². The van der Waals surface area contributed by atoms with Crippen LogP contribution in [-0.2, 0) is 0 Å². The van der Waals surface area contributed by atoms with Crippen molar-refractivity contribution < 1.29 is 5.11 Å². The molecule has 0 aliphatic rings. The van der Waals surface area contributed by atoms with Gasteiger partial charge in [-0.2, -0.15) is 0 Å². The molecule has 0 saturated carbocycles.